The molecule has 0 bridgehead atoms. The summed E-state index contributed by atoms with van der Waals surface area (Å²) in [5, 5.41) is 11.2. The van der Waals surface area contributed by atoms with E-state index in [1.165, 1.54) is 11.8 Å². The van der Waals surface area contributed by atoms with Crippen molar-refractivity contribution >= 4 is 23.6 Å². The zero-order valence-corrected chi connectivity index (χ0v) is 9.52. The number of hydrogen-bond acceptors (Lipinski definition) is 4. The van der Waals surface area contributed by atoms with Crippen molar-refractivity contribution in [1.29, 1.82) is 0 Å². The van der Waals surface area contributed by atoms with Gasteiger partial charge in [-0.15, -0.1) is 0 Å². The van der Waals surface area contributed by atoms with Gasteiger partial charge in [0, 0.05) is 25.3 Å². The van der Waals surface area contributed by atoms with E-state index in [1.807, 2.05) is 0 Å². The Balaban J connectivity index is 3.22. The number of rotatable bonds is 9. The van der Waals surface area contributed by atoms with Gasteiger partial charge in [-0.1, -0.05) is 0 Å². The number of thioether (sulfide) groups is 1. The minimum absolute atomic E-state index is 0.0232. The molecule has 0 fully saturated rings. The van der Waals surface area contributed by atoms with Crippen LogP contribution < -0.4 is 11.1 Å². The van der Waals surface area contributed by atoms with Gasteiger partial charge in [-0.2, -0.15) is 11.8 Å². The fourth-order valence-electron chi connectivity index (χ4n) is 0.891. The lowest BCUT2D eigenvalue weighted by atomic mass is 10.3. The van der Waals surface area contributed by atoms with E-state index in [-0.39, 0.29) is 24.2 Å². The maximum atomic E-state index is 11.1. The molecule has 4 N–H and O–H groups in total. The number of carbonyl (C=O) groups excluding carboxylic acids is 2. The summed E-state index contributed by atoms with van der Waals surface area (Å²) in [7, 11) is 0. The zero-order valence-electron chi connectivity index (χ0n) is 8.70. The van der Waals surface area contributed by atoms with E-state index in [2.05, 4.69) is 5.32 Å². The molecule has 0 radical (unpaired) electrons. The molecule has 0 atom stereocenters. The maximum Gasteiger partial charge on any atom is 0.227 e. The molecule has 0 aromatic rings. The summed E-state index contributed by atoms with van der Waals surface area (Å²) in [6, 6.07) is 0. The van der Waals surface area contributed by atoms with Gasteiger partial charge in [0.2, 0.25) is 11.8 Å². The van der Waals surface area contributed by atoms with E-state index in [9.17, 15) is 9.59 Å². The van der Waals surface area contributed by atoms with Gasteiger partial charge in [0.25, 0.3) is 0 Å². The van der Waals surface area contributed by atoms with Gasteiger partial charge in [0.1, 0.15) is 0 Å². The van der Waals surface area contributed by atoms with Crippen LogP contribution in [0.2, 0.25) is 0 Å². The van der Waals surface area contributed by atoms with Crippen molar-refractivity contribution in [2.45, 2.75) is 19.3 Å². The maximum absolute atomic E-state index is 11.1. The Morgan fingerprint density at radius 3 is 2.67 bits per heavy atom. The Kier molecular flexibility index (Phi) is 9.30. The Morgan fingerprint density at radius 2 is 2.07 bits per heavy atom. The monoisotopic (exact) mass is 234 g/mol. The number of nitrogens with one attached hydrogen (secondary N) is 1. The van der Waals surface area contributed by atoms with Gasteiger partial charge in [-0.3, -0.25) is 9.59 Å². The molecule has 0 saturated carbocycles. The third-order valence-electron chi connectivity index (χ3n) is 1.62. The zero-order chi connectivity index (χ0) is 11.5. The van der Waals surface area contributed by atoms with Gasteiger partial charge < -0.3 is 16.2 Å². The van der Waals surface area contributed by atoms with Crippen molar-refractivity contribution in [1.82, 2.24) is 5.32 Å². The number of aliphatic hydroxyl groups is 1. The van der Waals surface area contributed by atoms with E-state index in [0.29, 0.717) is 25.1 Å². The molecular weight excluding hydrogens is 216 g/mol. The van der Waals surface area contributed by atoms with Crippen LogP contribution >= 0.6 is 11.8 Å². The van der Waals surface area contributed by atoms with E-state index in [0.717, 1.165) is 6.42 Å². The first kappa shape index (κ1) is 14.2. The number of hydrogen-bond donors (Lipinski definition) is 3. The van der Waals surface area contributed by atoms with Crippen molar-refractivity contribution in [3.05, 3.63) is 0 Å². The predicted molar refractivity (Wildman–Crippen MR) is 60.5 cm³/mol. The lowest BCUT2D eigenvalue weighted by Crippen LogP contribution is -2.25. The van der Waals surface area contributed by atoms with E-state index < -0.39 is 0 Å². The third kappa shape index (κ3) is 11.2. The van der Waals surface area contributed by atoms with Gasteiger partial charge >= 0.3 is 0 Å². The molecule has 0 spiro atoms. The molecule has 2 amide bonds. The highest BCUT2D eigenvalue weighted by atomic mass is 32.2. The normalized spacial score (nSPS) is 9.93. The molecule has 0 unspecified atom stereocenters. The molecule has 6 heteroatoms. The van der Waals surface area contributed by atoms with Crippen LogP contribution in [0.4, 0.5) is 0 Å². The van der Waals surface area contributed by atoms with Crippen LogP contribution in [0.3, 0.4) is 0 Å². The Bertz CT molecular complexity index is 200. The molecule has 0 aliphatic rings. The van der Waals surface area contributed by atoms with Gasteiger partial charge in [0.05, 0.1) is 5.75 Å². The first-order chi connectivity index (χ1) is 7.16. The first-order valence-electron chi connectivity index (χ1n) is 4.90. The second kappa shape index (κ2) is 9.79. The standard InChI is InChI=1S/C9H18N2O3S/c10-8(13)7-15-6-3-9(14)11-4-1-2-5-12/h12H,1-7H2,(H2,10,13)(H,11,14). The van der Waals surface area contributed by atoms with Crippen LogP contribution in [0.5, 0.6) is 0 Å². The molecular formula is C9H18N2O3S. The summed E-state index contributed by atoms with van der Waals surface area (Å²) in [6.07, 6.45) is 1.89. The lowest BCUT2D eigenvalue weighted by Gasteiger charge is -2.03. The quantitative estimate of drug-likeness (QED) is 0.468. The highest BCUT2D eigenvalue weighted by Gasteiger charge is 2.01. The molecule has 0 aliphatic heterocycles. The number of aliphatic hydroxyl groups excluding tert-OH is 1. The highest BCUT2D eigenvalue weighted by molar-refractivity contribution is 7.99. The van der Waals surface area contributed by atoms with Gasteiger partial charge in [-0.25, -0.2) is 0 Å². The molecule has 15 heavy (non-hydrogen) atoms. The molecule has 0 saturated heterocycles. The molecule has 0 heterocycles. The van der Waals surface area contributed by atoms with E-state index >= 15 is 0 Å². The molecule has 0 aromatic carbocycles. The second-order valence-electron chi connectivity index (χ2n) is 3.05. The van der Waals surface area contributed by atoms with Crippen molar-refractivity contribution in [2.75, 3.05) is 24.7 Å². The van der Waals surface area contributed by atoms with Gasteiger partial charge in [-0.05, 0) is 12.8 Å². The van der Waals surface area contributed by atoms with Crippen molar-refractivity contribution < 1.29 is 14.7 Å². The topological polar surface area (TPSA) is 92.4 Å². The van der Waals surface area contributed by atoms with Crippen LogP contribution in [0.1, 0.15) is 19.3 Å². The van der Waals surface area contributed by atoms with Crippen LogP contribution in [-0.2, 0) is 9.59 Å². The second-order valence-corrected chi connectivity index (χ2v) is 4.15. The molecule has 0 aromatic heterocycles. The number of unbranched alkanes of at least 4 members (excludes halogenated alkanes) is 1. The SMILES string of the molecule is NC(=O)CSCCC(=O)NCCCCO. The Morgan fingerprint density at radius 1 is 1.33 bits per heavy atom. The largest absolute Gasteiger partial charge is 0.396 e. The van der Waals surface area contributed by atoms with Crippen LogP contribution in [0.25, 0.3) is 0 Å². The summed E-state index contributed by atoms with van der Waals surface area (Å²) in [5.74, 6) is 0.486. The fourth-order valence-corrected chi connectivity index (χ4v) is 1.57. The van der Waals surface area contributed by atoms with E-state index in [1.54, 1.807) is 0 Å². The smallest absolute Gasteiger partial charge is 0.227 e. The number of carbonyl (C=O) groups is 2. The van der Waals surface area contributed by atoms with Crippen LogP contribution in [0.15, 0.2) is 0 Å². The summed E-state index contributed by atoms with van der Waals surface area (Å²) < 4.78 is 0. The molecule has 88 valence electrons. The third-order valence-corrected chi connectivity index (χ3v) is 2.61. The Labute approximate surface area is 93.8 Å². The predicted octanol–water partition coefficient (Wildman–Crippen LogP) is -0.516. The Hall–Kier alpha value is -0.750. The van der Waals surface area contributed by atoms with Crippen molar-refractivity contribution in [3.63, 3.8) is 0 Å². The van der Waals surface area contributed by atoms with Gasteiger partial charge in [0.15, 0.2) is 0 Å². The number of amides is 2. The molecule has 0 rings (SSSR count). The lowest BCUT2D eigenvalue weighted by molar-refractivity contribution is -0.120. The summed E-state index contributed by atoms with van der Waals surface area (Å²) in [5.41, 5.74) is 4.94. The first-order valence-corrected chi connectivity index (χ1v) is 6.06. The summed E-state index contributed by atoms with van der Waals surface area (Å²) in [6.45, 7) is 0.754. The average Bonchev–Trinajstić information content (AvgIpc) is 2.19. The van der Waals surface area contributed by atoms with Crippen LogP contribution in [0, 0.1) is 0 Å². The van der Waals surface area contributed by atoms with Crippen LogP contribution in [-0.4, -0.2) is 41.6 Å². The fraction of sp³-hybridized carbons (Fsp3) is 0.778. The van der Waals surface area contributed by atoms with Crippen molar-refractivity contribution in [2.24, 2.45) is 5.73 Å². The van der Waals surface area contributed by atoms with E-state index in [4.69, 9.17) is 10.8 Å². The number of nitrogens with two attached hydrogens (primary N) is 1. The summed E-state index contributed by atoms with van der Waals surface area (Å²) in [4.78, 5) is 21.5. The minimum Gasteiger partial charge on any atom is -0.396 e. The average molecular weight is 234 g/mol. The minimum atomic E-state index is -0.358. The summed E-state index contributed by atoms with van der Waals surface area (Å²) >= 11 is 1.36. The molecule has 0 aliphatic carbocycles. The van der Waals surface area contributed by atoms with Crippen molar-refractivity contribution in [3.8, 4) is 0 Å². The molecule has 5 nitrogen and oxygen atoms in total. The number of primary amides is 1. The highest BCUT2D eigenvalue weighted by Crippen LogP contribution is 2.00.